The second-order valence-electron chi connectivity index (χ2n) is 7.57. The Kier molecular flexibility index (Phi) is 6.47. The first-order valence-electron chi connectivity index (χ1n) is 10.3. The lowest BCUT2D eigenvalue weighted by atomic mass is 10.1. The molecular formula is C23H19F3N4O5. The first kappa shape index (κ1) is 23.8. The number of nitrogens with two attached hydrogens (primary N) is 1. The summed E-state index contributed by atoms with van der Waals surface area (Å²) in [7, 11) is 0. The van der Waals surface area contributed by atoms with Gasteiger partial charge in [-0.25, -0.2) is 4.79 Å². The molecule has 2 aromatic carbocycles. The van der Waals surface area contributed by atoms with Crippen molar-refractivity contribution in [3.63, 3.8) is 0 Å². The lowest BCUT2D eigenvalue weighted by Crippen LogP contribution is -2.43. The number of benzene rings is 2. The first-order valence-corrected chi connectivity index (χ1v) is 10.3. The minimum absolute atomic E-state index is 0.248. The average molecular weight is 488 g/mol. The van der Waals surface area contributed by atoms with E-state index in [0.717, 1.165) is 21.8 Å². The molecule has 9 nitrogen and oxygen atoms in total. The molecule has 0 saturated carbocycles. The van der Waals surface area contributed by atoms with Crippen LogP contribution in [0.4, 0.5) is 13.2 Å². The van der Waals surface area contributed by atoms with Crippen LogP contribution in [0.15, 0.2) is 59.4 Å². The molecule has 2 heterocycles. The van der Waals surface area contributed by atoms with E-state index in [4.69, 9.17) is 10.5 Å². The zero-order valence-corrected chi connectivity index (χ0v) is 17.9. The Bertz CT molecular complexity index is 1460. The number of amides is 1. The Morgan fingerprint density at radius 3 is 2.51 bits per heavy atom. The molecule has 0 spiro atoms. The average Bonchev–Trinajstić information content (AvgIpc) is 3.23. The van der Waals surface area contributed by atoms with Crippen LogP contribution in [0.2, 0.25) is 0 Å². The lowest BCUT2D eigenvalue weighted by molar-refractivity contribution is -0.204. The fraction of sp³-hybridized carbons (Fsp3) is 0.174. The maximum absolute atomic E-state index is 12.5. The van der Waals surface area contributed by atoms with Crippen LogP contribution in [0.5, 0.6) is 5.75 Å². The monoisotopic (exact) mass is 488 g/mol. The fourth-order valence-electron chi connectivity index (χ4n) is 3.35. The van der Waals surface area contributed by atoms with Gasteiger partial charge in [0.1, 0.15) is 5.75 Å². The highest BCUT2D eigenvalue weighted by molar-refractivity contribution is 5.89. The van der Waals surface area contributed by atoms with Crippen LogP contribution in [0.3, 0.4) is 0 Å². The van der Waals surface area contributed by atoms with Gasteiger partial charge in [-0.15, -0.1) is 0 Å². The number of hydrogen-bond acceptors (Lipinski definition) is 6. The third kappa shape index (κ3) is 5.61. The van der Waals surface area contributed by atoms with Crippen LogP contribution in [0, 0.1) is 0 Å². The lowest BCUT2D eigenvalue weighted by Gasteiger charge is -2.15. The molecule has 5 N–H and O–H groups in total. The Hall–Kier alpha value is -4.32. The molecule has 35 heavy (non-hydrogen) atoms. The highest BCUT2D eigenvalue weighted by Crippen LogP contribution is 2.27. The third-order valence-electron chi connectivity index (χ3n) is 5.00. The van der Waals surface area contributed by atoms with Gasteiger partial charge in [0.25, 0.3) is 11.5 Å². The van der Waals surface area contributed by atoms with Crippen LogP contribution in [-0.2, 0) is 14.3 Å². The van der Waals surface area contributed by atoms with Gasteiger partial charge in [0, 0.05) is 16.4 Å². The van der Waals surface area contributed by atoms with Crippen molar-refractivity contribution < 1.29 is 32.2 Å². The van der Waals surface area contributed by atoms with Crippen molar-refractivity contribution in [3.05, 3.63) is 65.0 Å². The largest absolute Gasteiger partial charge is 0.490 e. The molecule has 0 fully saturated rings. The van der Waals surface area contributed by atoms with Gasteiger partial charge in [-0.2, -0.15) is 13.2 Å². The van der Waals surface area contributed by atoms with E-state index < -0.39 is 37.4 Å². The summed E-state index contributed by atoms with van der Waals surface area (Å²) in [6.45, 7) is -0.975. The number of carbonyl (C=O) groups is 2. The Labute approximate surface area is 195 Å². The van der Waals surface area contributed by atoms with Gasteiger partial charge >= 0.3 is 12.1 Å². The number of fused-ring (bicyclic) bond motifs is 2. The molecule has 12 heteroatoms. The van der Waals surface area contributed by atoms with Crippen molar-refractivity contribution in [2.45, 2.75) is 12.4 Å². The predicted molar refractivity (Wildman–Crippen MR) is 120 cm³/mol. The van der Waals surface area contributed by atoms with Crippen LogP contribution in [-0.4, -0.2) is 47.4 Å². The molecule has 1 atom stereocenters. The van der Waals surface area contributed by atoms with Gasteiger partial charge in [0.05, 0.1) is 17.8 Å². The van der Waals surface area contributed by atoms with Gasteiger partial charge in [0.15, 0.2) is 12.8 Å². The molecule has 4 rings (SSSR count). The molecule has 0 aliphatic rings. The van der Waals surface area contributed by atoms with Crippen molar-refractivity contribution in [3.8, 4) is 17.0 Å². The molecule has 0 radical (unpaired) electrons. The van der Waals surface area contributed by atoms with E-state index in [2.05, 4.69) is 20.0 Å². The van der Waals surface area contributed by atoms with Gasteiger partial charge in [0.2, 0.25) is 0 Å². The Morgan fingerprint density at radius 2 is 1.74 bits per heavy atom. The maximum atomic E-state index is 12.5. The number of aromatic nitrogens is 2. The highest BCUT2D eigenvalue weighted by Gasteiger charge is 2.41. The standard InChI is InChI=1S/C23H19F3N4O5/c24-23(25,26)22(33)35-19(27)10-28-20(31)11-34-14-5-6-17-13(7-14)9-18(29-17)15-8-12-3-1-2-4-16(12)30-21(15)32/h1-9,19,29H,10-11,27H2,(H,28,31)(H,30,32). The minimum atomic E-state index is -5.18. The molecule has 0 saturated heterocycles. The summed E-state index contributed by atoms with van der Waals surface area (Å²) in [4.78, 5) is 41.2. The summed E-state index contributed by atoms with van der Waals surface area (Å²) in [6, 6.07) is 16.0. The van der Waals surface area contributed by atoms with Crippen molar-refractivity contribution in [1.82, 2.24) is 15.3 Å². The van der Waals surface area contributed by atoms with Crippen LogP contribution in [0.1, 0.15) is 0 Å². The Morgan fingerprint density at radius 1 is 1.00 bits per heavy atom. The number of esters is 1. The molecule has 1 unspecified atom stereocenters. The first-order chi connectivity index (χ1) is 16.6. The molecule has 0 aliphatic heterocycles. The van der Waals surface area contributed by atoms with Crippen LogP contribution >= 0.6 is 0 Å². The van der Waals surface area contributed by atoms with Gasteiger partial charge in [-0.3, -0.25) is 15.3 Å². The van der Waals surface area contributed by atoms with Gasteiger partial charge < -0.3 is 24.8 Å². The van der Waals surface area contributed by atoms with Crippen molar-refractivity contribution in [2.75, 3.05) is 13.2 Å². The van der Waals surface area contributed by atoms with E-state index in [1.54, 1.807) is 30.3 Å². The Balaban J connectivity index is 1.38. The van der Waals surface area contributed by atoms with Crippen molar-refractivity contribution in [2.24, 2.45) is 5.73 Å². The molecule has 182 valence electrons. The van der Waals surface area contributed by atoms with E-state index in [1.165, 1.54) is 0 Å². The number of nitrogens with one attached hydrogen (secondary N) is 3. The van der Waals surface area contributed by atoms with Gasteiger partial charge in [-0.05, 0) is 41.8 Å². The SMILES string of the molecule is NC(CNC(=O)COc1ccc2[nH]c(-c3cc4ccccc4[nH]c3=O)cc2c1)OC(=O)C(F)(F)F. The van der Waals surface area contributed by atoms with E-state index in [-0.39, 0.29) is 5.56 Å². The van der Waals surface area contributed by atoms with E-state index in [9.17, 15) is 27.6 Å². The summed E-state index contributed by atoms with van der Waals surface area (Å²) >= 11 is 0. The molecule has 2 aromatic heterocycles. The number of H-pyrrole nitrogens is 2. The second kappa shape index (κ2) is 9.50. The van der Waals surface area contributed by atoms with Gasteiger partial charge in [-0.1, -0.05) is 18.2 Å². The summed E-state index contributed by atoms with van der Waals surface area (Å²) in [5.74, 6) is -2.78. The molecule has 0 aliphatic carbocycles. The zero-order chi connectivity index (χ0) is 25.2. The molecular weight excluding hydrogens is 469 g/mol. The van der Waals surface area contributed by atoms with E-state index in [1.807, 2.05) is 24.3 Å². The number of alkyl halides is 3. The smallest absolute Gasteiger partial charge is 0.484 e. The number of halogens is 3. The topological polar surface area (TPSA) is 139 Å². The van der Waals surface area contributed by atoms with Crippen molar-refractivity contribution >= 4 is 33.7 Å². The quantitative estimate of drug-likeness (QED) is 0.233. The minimum Gasteiger partial charge on any atom is -0.484 e. The number of para-hydroxylation sites is 1. The molecule has 0 bridgehead atoms. The third-order valence-corrected chi connectivity index (χ3v) is 5.00. The summed E-state index contributed by atoms with van der Waals surface area (Å²) in [5, 5.41) is 3.82. The number of rotatable bonds is 7. The molecule has 4 aromatic rings. The van der Waals surface area contributed by atoms with E-state index >= 15 is 0 Å². The number of hydrogen-bond donors (Lipinski definition) is 4. The normalized spacial score (nSPS) is 12.5. The zero-order valence-electron chi connectivity index (χ0n) is 17.9. The number of ether oxygens (including phenoxy) is 2. The second-order valence-corrected chi connectivity index (χ2v) is 7.57. The maximum Gasteiger partial charge on any atom is 0.490 e. The van der Waals surface area contributed by atoms with Crippen molar-refractivity contribution in [1.29, 1.82) is 0 Å². The van der Waals surface area contributed by atoms with Crippen LogP contribution in [0.25, 0.3) is 33.1 Å². The highest BCUT2D eigenvalue weighted by atomic mass is 19.4. The summed E-state index contributed by atoms with van der Waals surface area (Å²) in [6.07, 6.45) is -6.84. The summed E-state index contributed by atoms with van der Waals surface area (Å²) in [5.41, 5.74) is 7.54. The van der Waals surface area contributed by atoms with E-state index in [0.29, 0.717) is 17.0 Å². The fourth-order valence-corrected chi connectivity index (χ4v) is 3.35. The number of carbonyl (C=O) groups excluding carboxylic acids is 2. The summed E-state index contributed by atoms with van der Waals surface area (Å²) < 4.78 is 45.8. The molecule has 1 amide bonds. The number of aromatic amines is 2. The van der Waals surface area contributed by atoms with Crippen LogP contribution < -0.4 is 21.3 Å². The number of pyridine rings is 1. The predicted octanol–water partition coefficient (Wildman–Crippen LogP) is 2.56.